The van der Waals surface area contributed by atoms with Gasteiger partial charge in [0, 0.05) is 26.0 Å². The zero-order valence-electron chi connectivity index (χ0n) is 16.3. The van der Waals surface area contributed by atoms with Gasteiger partial charge in [-0.2, -0.15) is 0 Å². The number of aliphatic hydroxyl groups is 1. The Morgan fingerprint density at radius 2 is 1.93 bits per heavy atom. The largest absolute Gasteiger partial charge is 0.493 e. The second kappa shape index (κ2) is 10.8. The summed E-state index contributed by atoms with van der Waals surface area (Å²) in [5.41, 5.74) is 0.729. The van der Waals surface area contributed by atoms with Gasteiger partial charge in [-0.1, -0.05) is 24.3 Å². The second-order valence-electron chi connectivity index (χ2n) is 6.41. The number of ether oxygens (including phenoxy) is 2. The van der Waals surface area contributed by atoms with Crippen LogP contribution in [0.2, 0.25) is 0 Å². The fraction of sp³-hybridized carbons (Fsp3) is 0.286. The maximum atomic E-state index is 13.7. The van der Waals surface area contributed by atoms with Crippen LogP contribution in [-0.2, 0) is 7.05 Å². The predicted molar refractivity (Wildman–Crippen MR) is 111 cm³/mol. The molecule has 0 fully saturated rings. The van der Waals surface area contributed by atoms with Crippen LogP contribution in [0.1, 0.15) is 17.4 Å². The number of benzene rings is 2. The monoisotopic (exact) mass is 421 g/mol. The average molecular weight is 422 g/mol. The molecular formula is C21H25ClFN3O3. The fourth-order valence-corrected chi connectivity index (χ4v) is 2.94. The minimum atomic E-state index is -0.777. The molecule has 2 N–H and O–H groups in total. The van der Waals surface area contributed by atoms with Crippen molar-refractivity contribution >= 4 is 12.4 Å². The van der Waals surface area contributed by atoms with Gasteiger partial charge in [0.2, 0.25) is 0 Å². The standard InChI is InChI=1S/C21H24FN3O3.ClH/c1-25-11-10-23-21(25)20(15-6-5-7-16(22)12-15)24-13-17(26)14-28-19-9-4-3-8-18(19)27-2;/h3-12,17,20,24,26H,13-14H2,1-2H3;1H. The number of nitrogens with zero attached hydrogens (tertiary/aromatic N) is 2. The molecule has 156 valence electrons. The quantitative estimate of drug-likeness (QED) is 0.555. The summed E-state index contributed by atoms with van der Waals surface area (Å²) in [5, 5.41) is 13.6. The van der Waals surface area contributed by atoms with Gasteiger partial charge in [0.25, 0.3) is 0 Å². The van der Waals surface area contributed by atoms with Crippen LogP contribution in [-0.4, -0.2) is 41.0 Å². The zero-order chi connectivity index (χ0) is 19.9. The van der Waals surface area contributed by atoms with E-state index in [1.54, 1.807) is 31.5 Å². The molecule has 0 amide bonds. The lowest BCUT2D eigenvalue weighted by Gasteiger charge is -2.21. The number of hydrogen-bond donors (Lipinski definition) is 2. The number of methoxy groups -OCH3 is 1. The number of para-hydroxylation sites is 2. The first kappa shape index (κ1) is 22.7. The molecule has 0 radical (unpaired) electrons. The van der Waals surface area contributed by atoms with Gasteiger partial charge < -0.3 is 24.5 Å². The Morgan fingerprint density at radius 3 is 2.59 bits per heavy atom. The molecule has 1 aromatic heterocycles. The van der Waals surface area contributed by atoms with Crippen LogP contribution in [0, 0.1) is 5.82 Å². The van der Waals surface area contributed by atoms with Gasteiger partial charge in [-0.05, 0) is 29.8 Å². The number of rotatable bonds is 9. The molecule has 0 saturated carbocycles. The van der Waals surface area contributed by atoms with E-state index in [9.17, 15) is 9.50 Å². The fourth-order valence-electron chi connectivity index (χ4n) is 2.94. The third-order valence-electron chi connectivity index (χ3n) is 4.36. The molecule has 2 aromatic carbocycles. The maximum Gasteiger partial charge on any atom is 0.161 e. The summed E-state index contributed by atoms with van der Waals surface area (Å²) in [4.78, 5) is 4.36. The Labute approximate surface area is 175 Å². The van der Waals surface area contributed by atoms with Crippen molar-refractivity contribution in [3.8, 4) is 11.5 Å². The summed E-state index contributed by atoms with van der Waals surface area (Å²) in [7, 11) is 3.44. The summed E-state index contributed by atoms with van der Waals surface area (Å²) in [6, 6.07) is 13.2. The van der Waals surface area contributed by atoms with E-state index >= 15 is 0 Å². The van der Waals surface area contributed by atoms with Crippen LogP contribution >= 0.6 is 12.4 Å². The normalized spacial score (nSPS) is 12.7. The maximum absolute atomic E-state index is 13.7. The molecule has 3 rings (SSSR count). The van der Waals surface area contributed by atoms with E-state index in [0.717, 1.165) is 11.4 Å². The number of halogens is 2. The minimum absolute atomic E-state index is 0. The van der Waals surface area contributed by atoms with Gasteiger partial charge in [-0.3, -0.25) is 0 Å². The van der Waals surface area contributed by atoms with E-state index < -0.39 is 6.10 Å². The molecule has 0 saturated heterocycles. The van der Waals surface area contributed by atoms with Crippen LogP contribution in [0.15, 0.2) is 60.9 Å². The predicted octanol–water partition coefficient (Wildman–Crippen LogP) is 3.11. The number of aryl methyl sites for hydroxylation is 1. The third-order valence-corrected chi connectivity index (χ3v) is 4.36. The first-order valence-electron chi connectivity index (χ1n) is 8.98. The highest BCUT2D eigenvalue weighted by atomic mass is 35.5. The lowest BCUT2D eigenvalue weighted by atomic mass is 10.1. The Morgan fingerprint density at radius 1 is 1.17 bits per heavy atom. The molecule has 6 nitrogen and oxygen atoms in total. The van der Waals surface area contributed by atoms with E-state index in [0.29, 0.717) is 11.5 Å². The van der Waals surface area contributed by atoms with Crippen molar-refractivity contribution in [1.82, 2.24) is 14.9 Å². The third kappa shape index (κ3) is 5.93. The zero-order valence-corrected chi connectivity index (χ0v) is 17.1. The minimum Gasteiger partial charge on any atom is -0.493 e. The van der Waals surface area contributed by atoms with Crippen molar-refractivity contribution in [1.29, 1.82) is 0 Å². The van der Waals surface area contributed by atoms with Crippen LogP contribution in [0.25, 0.3) is 0 Å². The molecule has 0 bridgehead atoms. The molecule has 29 heavy (non-hydrogen) atoms. The van der Waals surface area contributed by atoms with E-state index in [1.807, 2.05) is 36.0 Å². The smallest absolute Gasteiger partial charge is 0.161 e. The summed E-state index contributed by atoms with van der Waals surface area (Å²) in [6.45, 7) is 0.326. The van der Waals surface area contributed by atoms with Crippen molar-refractivity contribution in [3.63, 3.8) is 0 Å². The molecule has 8 heteroatoms. The molecule has 0 aliphatic heterocycles. The number of imidazole rings is 1. The highest BCUT2D eigenvalue weighted by Gasteiger charge is 2.20. The topological polar surface area (TPSA) is 68.5 Å². The van der Waals surface area contributed by atoms with Gasteiger partial charge in [-0.15, -0.1) is 12.4 Å². The molecule has 2 atom stereocenters. The number of aliphatic hydroxyl groups excluding tert-OH is 1. The molecule has 0 aliphatic carbocycles. The van der Waals surface area contributed by atoms with Crippen LogP contribution in [0.3, 0.4) is 0 Å². The highest BCUT2D eigenvalue weighted by molar-refractivity contribution is 5.85. The van der Waals surface area contributed by atoms with Crippen molar-refractivity contribution in [2.24, 2.45) is 7.05 Å². The van der Waals surface area contributed by atoms with Gasteiger partial charge >= 0.3 is 0 Å². The molecule has 0 aliphatic rings. The summed E-state index contributed by atoms with van der Waals surface area (Å²) in [6.07, 6.45) is 2.73. The van der Waals surface area contributed by atoms with Crippen molar-refractivity contribution in [2.45, 2.75) is 12.1 Å². The van der Waals surface area contributed by atoms with Crippen LogP contribution in [0.5, 0.6) is 11.5 Å². The van der Waals surface area contributed by atoms with Gasteiger partial charge in [0.1, 0.15) is 24.4 Å². The number of hydrogen-bond acceptors (Lipinski definition) is 5. The first-order valence-corrected chi connectivity index (χ1v) is 8.98. The van der Waals surface area contributed by atoms with E-state index in [-0.39, 0.29) is 37.4 Å². The molecule has 2 unspecified atom stereocenters. The molecule has 1 heterocycles. The van der Waals surface area contributed by atoms with Gasteiger partial charge in [-0.25, -0.2) is 9.37 Å². The van der Waals surface area contributed by atoms with Crippen LogP contribution < -0.4 is 14.8 Å². The number of nitrogens with one attached hydrogen (secondary N) is 1. The molecule has 3 aromatic rings. The second-order valence-corrected chi connectivity index (χ2v) is 6.41. The Bertz CT molecular complexity index is 906. The Balaban J connectivity index is 0.00000300. The van der Waals surface area contributed by atoms with Gasteiger partial charge in [0.15, 0.2) is 11.5 Å². The van der Waals surface area contributed by atoms with Crippen molar-refractivity contribution in [3.05, 3.63) is 78.1 Å². The number of aromatic nitrogens is 2. The van der Waals surface area contributed by atoms with Crippen molar-refractivity contribution in [2.75, 3.05) is 20.3 Å². The average Bonchev–Trinajstić information content (AvgIpc) is 3.12. The van der Waals surface area contributed by atoms with Crippen molar-refractivity contribution < 1.29 is 19.0 Å². The SMILES string of the molecule is COc1ccccc1OCC(O)CNC(c1cccc(F)c1)c1nccn1C.Cl. The Kier molecular flexibility index (Phi) is 8.45. The molecular weight excluding hydrogens is 397 g/mol. The summed E-state index contributed by atoms with van der Waals surface area (Å²) < 4.78 is 26.5. The van der Waals surface area contributed by atoms with E-state index in [1.165, 1.54) is 12.1 Å². The summed E-state index contributed by atoms with van der Waals surface area (Å²) >= 11 is 0. The Hall–Kier alpha value is -2.61. The van der Waals surface area contributed by atoms with Gasteiger partial charge in [0.05, 0.1) is 13.2 Å². The first-order chi connectivity index (χ1) is 13.6. The highest BCUT2D eigenvalue weighted by Crippen LogP contribution is 2.26. The van der Waals surface area contributed by atoms with Crippen LogP contribution in [0.4, 0.5) is 4.39 Å². The van der Waals surface area contributed by atoms with E-state index in [4.69, 9.17) is 9.47 Å². The lowest BCUT2D eigenvalue weighted by molar-refractivity contribution is 0.103. The lowest BCUT2D eigenvalue weighted by Crippen LogP contribution is -2.35. The van der Waals surface area contributed by atoms with E-state index in [2.05, 4.69) is 10.3 Å². The summed E-state index contributed by atoms with van der Waals surface area (Å²) in [5.74, 6) is 1.57. The molecule has 0 spiro atoms.